The smallest absolute Gasteiger partial charge is 0.340 e. The Morgan fingerprint density at radius 1 is 0.806 bits per heavy atom. The topological polar surface area (TPSA) is 75.9 Å². The molecule has 158 valence electrons. The van der Waals surface area contributed by atoms with E-state index in [1.54, 1.807) is 0 Å². The number of ether oxygens (including phenoxy) is 1. The number of cyclic esters (lactones) is 1. The lowest BCUT2D eigenvalue weighted by molar-refractivity contribution is -0.385. The van der Waals surface area contributed by atoms with Gasteiger partial charge in [-0.1, -0.05) is 24.3 Å². The molecule has 0 spiro atoms. The molecule has 4 rings (SSSR count). The molecular formula is C24H23N3O4. The number of esters is 1. The number of hydrogen-bond donors (Lipinski definition) is 0. The van der Waals surface area contributed by atoms with Crippen LogP contribution in [0.15, 0.2) is 66.7 Å². The Balaban J connectivity index is 1.99. The Morgan fingerprint density at radius 3 is 1.71 bits per heavy atom. The monoisotopic (exact) mass is 417 g/mol. The second kappa shape index (κ2) is 7.43. The van der Waals surface area contributed by atoms with Crippen LogP contribution >= 0.6 is 0 Å². The van der Waals surface area contributed by atoms with Crippen LogP contribution in [0, 0.1) is 10.1 Å². The van der Waals surface area contributed by atoms with Crippen molar-refractivity contribution in [2.45, 2.75) is 5.60 Å². The molecule has 7 heteroatoms. The van der Waals surface area contributed by atoms with Gasteiger partial charge < -0.3 is 14.5 Å². The fourth-order valence-electron chi connectivity index (χ4n) is 3.95. The van der Waals surface area contributed by atoms with Gasteiger partial charge in [-0.15, -0.1) is 0 Å². The van der Waals surface area contributed by atoms with Gasteiger partial charge in [0, 0.05) is 68.4 Å². The largest absolute Gasteiger partial charge is 0.441 e. The summed E-state index contributed by atoms with van der Waals surface area (Å²) in [5, 5.41) is 11.5. The van der Waals surface area contributed by atoms with Crippen molar-refractivity contribution < 1.29 is 14.5 Å². The van der Waals surface area contributed by atoms with Crippen LogP contribution in [0.1, 0.15) is 27.0 Å². The first-order valence-corrected chi connectivity index (χ1v) is 9.82. The normalized spacial score (nSPS) is 14.0. The SMILES string of the molecule is CN(C)c1ccc(C2(c3ccc(N(C)C)cc3)OC(=O)c3ccc([N+](=O)[O-])cc32)cc1. The maximum atomic E-state index is 12.9. The number of nitro benzene ring substituents is 1. The second-order valence-electron chi connectivity index (χ2n) is 7.94. The summed E-state index contributed by atoms with van der Waals surface area (Å²) in [4.78, 5) is 27.8. The number of benzene rings is 3. The van der Waals surface area contributed by atoms with E-state index < -0.39 is 16.5 Å². The van der Waals surface area contributed by atoms with E-state index in [-0.39, 0.29) is 5.69 Å². The van der Waals surface area contributed by atoms with E-state index in [0.717, 1.165) is 22.5 Å². The van der Waals surface area contributed by atoms with Gasteiger partial charge in [0.05, 0.1) is 10.5 Å². The van der Waals surface area contributed by atoms with Crippen molar-refractivity contribution in [2.24, 2.45) is 0 Å². The minimum atomic E-state index is -1.27. The van der Waals surface area contributed by atoms with Crippen molar-refractivity contribution in [2.75, 3.05) is 38.0 Å². The average Bonchev–Trinajstić information content (AvgIpc) is 3.06. The standard InChI is InChI=1S/C24H23N3O4/c1-25(2)18-9-5-16(6-10-18)24(17-7-11-19(12-8-17)26(3)4)22-15-20(27(29)30)13-14-21(22)23(28)31-24/h5-15H,1-4H3. The van der Waals surface area contributed by atoms with Crippen LogP contribution in [0.3, 0.4) is 0 Å². The number of non-ortho nitro benzene ring substituents is 1. The molecule has 0 unspecified atom stereocenters. The average molecular weight is 417 g/mol. The van der Waals surface area contributed by atoms with Gasteiger partial charge in [0.25, 0.3) is 5.69 Å². The Labute approximate surface area is 180 Å². The molecule has 3 aromatic carbocycles. The molecule has 1 aliphatic rings. The van der Waals surface area contributed by atoms with Gasteiger partial charge in [0.2, 0.25) is 0 Å². The number of anilines is 2. The molecule has 0 bridgehead atoms. The first-order valence-electron chi connectivity index (χ1n) is 9.82. The van der Waals surface area contributed by atoms with Gasteiger partial charge >= 0.3 is 5.97 Å². The van der Waals surface area contributed by atoms with Crippen molar-refractivity contribution in [3.63, 3.8) is 0 Å². The zero-order valence-corrected chi connectivity index (χ0v) is 17.8. The molecule has 3 aromatic rings. The predicted molar refractivity (Wildman–Crippen MR) is 120 cm³/mol. The Kier molecular flexibility index (Phi) is 4.89. The molecule has 7 nitrogen and oxygen atoms in total. The van der Waals surface area contributed by atoms with Crippen molar-refractivity contribution >= 4 is 23.0 Å². The zero-order valence-electron chi connectivity index (χ0n) is 17.8. The van der Waals surface area contributed by atoms with Crippen LogP contribution in [0.4, 0.5) is 17.1 Å². The number of hydrogen-bond acceptors (Lipinski definition) is 6. The van der Waals surface area contributed by atoms with E-state index >= 15 is 0 Å². The molecule has 0 amide bonds. The molecule has 0 saturated heterocycles. The number of nitro groups is 1. The van der Waals surface area contributed by atoms with Gasteiger partial charge in [-0.25, -0.2) is 4.79 Å². The summed E-state index contributed by atoms with van der Waals surface area (Å²) in [6.45, 7) is 0. The van der Waals surface area contributed by atoms with Gasteiger partial charge in [-0.3, -0.25) is 10.1 Å². The lowest BCUT2D eigenvalue weighted by Gasteiger charge is -2.31. The van der Waals surface area contributed by atoms with Crippen LogP contribution in [-0.4, -0.2) is 39.1 Å². The van der Waals surface area contributed by atoms with Gasteiger partial charge in [-0.2, -0.15) is 0 Å². The van der Waals surface area contributed by atoms with Crippen LogP contribution in [-0.2, 0) is 10.3 Å². The summed E-state index contributed by atoms with van der Waals surface area (Å²) < 4.78 is 6.04. The molecule has 0 fully saturated rings. The van der Waals surface area contributed by atoms with Crippen LogP contribution < -0.4 is 9.80 Å². The zero-order chi connectivity index (χ0) is 22.3. The van der Waals surface area contributed by atoms with Gasteiger partial charge in [0.15, 0.2) is 5.60 Å². The maximum absolute atomic E-state index is 12.9. The van der Waals surface area contributed by atoms with Gasteiger partial charge in [0.1, 0.15) is 0 Å². The Morgan fingerprint density at radius 2 is 1.29 bits per heavy atom. The summed E-state index contributed by atoms with van der Waals surface area (Å²) in [5.41, 5.74) is 2.88. The third-order valence-corrected chi connectivity index (χ3v) is 5.64. The summed E-state index contributed by atoms with van der Waals surface area (Å²) in [7, 11) is 7.77. The number of carbonyl (C=O) groups excluding carboxylic acids is 1. The van der Waals surface area contributed by atoms with E-state index in [1.165, 1.54) is 18.2 Å². The van der Waals surface area contributed by atoms with E-state index in [2.05, 4.69) is 0 Å². The third-order valence-electron chi connectivity index (χ3n) is 5.64. The summed E-state index contributed by atoms with van der Waals surface area (Å²) >= 11 is 0. The highest BCUT2D eigenvalue weighted by molar-refractivity contribution is 5.96. The van der Waals surface area contributed by atoms with Crippen molar-refractivity contribution in [1.29, 1.82) is 0 Å². The van der Waals surface area contributed by atoms with E-state index in [9.17, 15) is 14.9 Å². The predicted octanol–water partition coefficient (Wildman–Crippen LogP) is 4.19. The van der Waals surface area contributed by atoms with E-state index in [0.29, 0.717) is 11.1 Å². The molecule has 0 radical (unpaired) electrons. The second-order valence-corrected chi connectivity index (χ2v) is 7.94. The number of fused-ring (bicyclic) bond motifs is 1. The number of rotatable bonds is 5. The quantitative estimate of drug-likeness (QED) is 0.352. The first-order chi connectivity index (χ1) is 14.7. The summed E-state index contributed by atoms with van der Waals surface area (Å²) in [5.74, 6) is -0.502. The van der Waals surface area contributed by atoms with Crippen LogP contribution in [0.2, 0.25) is 0 Å². The number of carbonyl (C=O) groups is 1. The first kappa shape index (κ1) is 20.4. The highest BCUT2D eigenvalue weighted by Gasteiger charge is 2.49. The molecule has 0 atom stereocenters. The van der Waals surface area contributed by atoms with Crippen LogP contribution in [0.5, 0.6) is 0 Å². The third kappa shape index (κ3) is 3.28. The minimum absolute atomic E-state index is 0.0868. The highest BCUT2D eigenvalue weighted by Crippen LogP contribution is 2.48. The highest BCUT2D eigenvalue weighted by atomic mass is 16.6. The molecule has 0 N–H and O–H groups in total. The molecule has 0 aromatic heterocycles. The molecule has 0 saturated carbocycles. The Hall–Kier alpha value is -3.87. The summed E-state index contributed by atoms with van der Waals surface area (Å²) in [6.07, 6.45) is 0. The molecule has 1 aliphatic heterocycles. The van der Waals surface area contributed by atoms with Crippen LogP contribution in [0.25, 0.3) is 0 Å². The number of nitrogens with zero attached hydrogens (tertiary/aromatic N) is 3. The summed E-state index contributed by atoms with van der Waals surface area (Å²) in [6, 6.07) is 19.6. The van der Waals surface area contributed by atoms with Crippen molar-refractivity contribution in [3.05, 3.63) is 99.1 Å². The maximum Gasteiger partial charge on any atom is 0.340 e. The fourth-order valence-corrected chi connectivity index (χ4v) is 3.95. The Bertz CT molecular complexity index is 1100. The van der Waals surface area contributed by atoms with E-state index in [4.69, 9.17) is 4.74 Å². The van der Waals surface area contributed by atoms with Gasteiger partial charge in [-0.05, 0) is 30.3 Å². The van der Waals surface area contributed by atoms with Crippen molar-refractivity contribution in [3.8, 4) is 0 Å². The fraction of sp³-hybridized carbons (Fsp3) is 0.208. The minimum Gasteiger partial charge on any atom is -0.441 e. The molecule has 31 heavy (non-hydrogen) atoms. The lowest BCUT2D eigenvalue weighted by atomic mass is 9.79. The van der Waals surface area contributed by atoms with E-state index in [1.807, 2.05) is 86.5 Å². The molecular weight excluding hydrogens is 394 g/mol. The molecule has 0 aliphatic carbocycles. The lowest BCUT2D eigenvalue weighted by Crippen LogP contribution is -2.29. The molecule has 1 heterocycles. The van der Waals surface area contributed by atoms with Crippen molar-refractivity contribution in [1.82, 2.24) is 0 Å².